The number of hydrogen-bond acceptors (Lipinski definition) is 1. The molecule has 1 nitrogen and oxygen atoms in total. The Bertz CT molecular complexity index is 197. The highest BCUT2D eigenvalue weighted by atomic mass is 15.3. The summed E-state index contributed by atoms with van der Waals surface area (Å²) in [5, 5.41) is 0. The maximum Gasteiger partial charge on any atom is 0.0139 e. The minimum atomic E-state index is 0.916. The third-order valence-corrected chi connectivity index (χ3v) is 4.57. The number of rotatable bonds is 2. The van der Waals surface area contributed by atoms with Gasteiger partial charge in [0.05, 0.1) is 0 Å². The van der Waals surface area contributed by atoms with Crippen molar-refractivity contribution in [1.29, 1.82) is 0 Å². The second-order valence-electron chi connectivity index (χ2n) is 5.39. The van der Waals surface area contributed by atoms with Crippen LogP contribution >= 0.6 is 0 Å². The van der Waals surface area contributed by atoms with Crippen LogP contribution in [0.3, 0.4) is 0 Å². The first kappa shape index (κ1) is 8.28. The van der Waals surface area contributed by atoms with Crippen molar-refractivity contribution in [3.05, 3.63) is 0 Å². The summed E-state index contributed by atoms with van der Waals surface area (Å²) >= 11 is 0. The summed E-state index contributed by atoms with van der Waals surface area (Å²) in [5.41, 5.74) is 0. The number of fused-ring (bicyclic) bond motifs is 1. The summed E-state index contributed by atoms with van der Waals surface area (Å²) in [6.45, 7) is 3.89. The Morgan fingerprint density at radius 1 is 1.08 bits per heavy atom. The monoisotopic (exact) mass is 179 g/mol. The van der Waals surface area contributed by atoms with E-state index >= 15 is 0 Å². The van der Waals surface area contributed by atoms with Crippen LogP contribution in [-0.4, -0.2) is 23.5 Å². The summed E-state index contributed by atoms with van der Waals surface area (Å²) in [7, 11) is 0. The molecule has 0 amide bonds. The van der Waals surface area contributed by atoms with Crippen LogP contribution in [0, 0.1) is 11.8 Å². The Kier molecular flexibility index (Phi) is 1.90. The van der Waals surface area contributed by atoms with Crippen molar-refractivity contribution in [1.82, 2.24) is 4.90 Å². The molecule has 3 fully saturated rings. The number of nitrogens with zero attached hydrogens (tertiary/aromatic N) is 1. The van der Waals surface area contributed by atoms with Gasteiger partial charge in [-0.1, -0.05) is 12.8 Å². The van der Waals surface area contributed by atoms with Crippen molar-refractivity contribution in [3.63, 3.8) is 0 Å². The lowest BCUT2D eigenvalue weighted by atomic mass is 9.75. The first-order valence-corrected chi connectivity index (χ1v) is 6.12. The molecule has 3 unspecified atom stereocenters. The van der Waals surface area contributed by atoms with Crippen molar-refractivity contribution in [2.45, 2.75) is 57.5 Å². The molecule has 1 heterocycles. The van der Waals surface area contributed by atoms with Crippen molar-refractivity contribution in [3.8, 4) is 0 Å². The molecule has 0 aromatic rings. The summed E-state index contributed by atoms with van der Waals surface area (Å²) in [4.78, 5) is 2.81. The van der Waals surface area contributed by atoms with E-state index in [1.807, 2.05) is 0 Å². The Balaban J connectivity index is 1.61. The van der Waals surface area contributed by atoms with E-state index in [9.17, 15) is 0 Å². The largest absolute Gasteiger partial charge is 0.297 e. The first-order valence-electron chi connectivity index (χ1n) is 6.12. The highest BCUT2D eigenvalue weighted by Gasteiger charge is 2.45. The smallest absolute Gasteiger partial charge is 0.0139 e. The topological polar surface area (TPSA) is 3.24 Å². The van der Waals surface area contributed by atoms with Crippen LogP contribution in [0.4, 0.5) is 0 Å². The molecule has 1 saturated heterocycles. The summed E-state index contributed by atoms with van der Waals surface area (Å²) in [5.74, 6) is 2.16. The van der Waals surface area contributed by atoms with Crippen LogP contribution in [0.25, 0.3) is 0 Å². The molecule has 0 aromatic heterocycles. The highest BCUT2D eigenvalue weighted by Crippen LogP contribution is 2.44. The Labute approximate surface area is 81.5 Å². The Hall–Kier alpha value is -0.0400. The molecule has 0 radical (unpaired) electrons. The van der Waals surface area contributed by atoms with Gasteiger partial charge in [-0.05, 0) is 44.4 Å². The fourth-order valence-electron chi connectivity index (χ4n) is 3.42. The molecule has 0 aromatic carbocycles. The molecule has 3 atom stereocenters. The molecular weight excluding hydrogens is 158 g/mol. The van der Waals surface area contributed by atoms with E-state index in [1.165, 1.54) is 45.1 Å². The number of hydrogen-bond donors (Lipinski definition) is 0. The molecule has 3 aliphatic rings. The van der Waals surface area contributed by atoms with Gasteiger partial charge in [-0.2, -0.15) is 0 Å². The molecule has 2 aliphatic carbocycles. The molecule has 2 saturated carbocycles. The fraction of sp³-hybridized carbons (Fsp3) is 1.00. The summed E-state index contributed by atoms with van der Waals surface area (Å²) < 4.78 is 0. The Morgan fingerprint density at radius 2 is 1.85 bits per heavy atom. The van der Waals surface area contributed by atoms with E-state index in [2.05, 4.69) is 11.8 Å². The summed E-state index contributed by atoms with van der Waals surface area (Å²) in [6, 6.07) is 1.92. The van der Waals surface area contributed by atoms with E-state index in [-0.39, 0.29) is 0 Å². The predicted molar refractivity (Wildman–Crippen MR) is 54.6 cm³/mol. The molecule has 13 heavy (non-hydrogen) atoms. The normalized spacial score (nSPS) is 42.2. The summed E-state index contributed by atoms with van der Waals surface area (Å²) in [6.07, 6.45) is 9.05. The molecule has 1 heteroatoms. The quantitative estimate of drug-likeness (QED) is 0.630. The van der Waals surface area contributed by atoms with Crippen LogP contribution < -0.4 is 0 Å². The lowest BCUT2D eigenvalue weighted by molar-refractivity contribution is -0.0478. The minimum absolute atomic E-state index is 0.916. The van der Waals surface area contributed by atoms with E-state index in [1.54, 1.807) is 0 Å². The van der Waals surface area contributed by atoms with Gasteiger partial charge in [0.25, 0.3) is 0 Å². The van der Waals surface area contributed by atoms with Gasteiger partial charge in [0.1, 0.15) is 0 Å². The molecule has 0 N–H and O–H groups in total. The highest BCUT2D eigenvalue weighted by molar-refractivity contribution is 4.99. The fourth-order valence-corrected chi connectivity index (χ4v) is 3.42. The maximum absolute atomic E-state index is 2.81. The van der Waals surface area contributed by atoms with Gasteiger partial charge >= 0.3 is 0 Å². The zero-order valence-corrected chi connectivity index (χ0v) is 8.71. The molecule has 0 bridgehead atoms. The second kappa shape index (κ2) is 2.98. The van der Waals surface area contributed by atoms with Gasteiger partial charge in [-0.15, -0.1) is 0 Å². The van der Waals surface area contributed by atoms with E-state index in [0.29, 0.717) is 0 Å². The van der Waals surface area contributed by atoms with Gasteiger partial charge in [-0.3, -0.25) is 4.90 Å². The van der Waals surface area contributed by atoms with Gasteiger partial charge in [0.15, 0.2) is 0 Å². The van der Waals surface area contributed by atoms with E-state index < -0.39 is 0 Å². The molecule has 74 valence electrons. The Morgan fingerprint density at radius 3 is 2.54 bits per heavy atom. The van der Waals surface area contributed by atoms with Gasteiger partial charge in [-0.25, -0.2) is 0 Å². The lowest BCUT2D eigenvalue weighted by Gasteiger charge is -2.54. The van der Waals surface area contributed by atoms with Crippen LogP contribution in [0.5, 0.6) is 0 Å². The standard InChI is InChI=1S/C12H21N/c1-9(10-6-7-10)13-8-11-4-2-3-5-12(11)13/h9-12H,2-8H2,1H3. The zero-order valence-electron chi connectivity index (χ0n) is 8.71. The maximum atomic E-state index is 2.81. The first-order chi connectivity index (χ1) is 6.36. The van der Waals surface area contributed by atoms with E-state index in [4.69, 9.17) is 0 Å². The van der Waals surface area contributed by atoms with Crippen LogP contribution in [0.1, 0.15) is 45.4 Å². The van der Waals surface area contributed by atoms with Crippen LogP contribution in [0.15, 0.2) is 0 Å². The third-order valence-electron chi connectivity index (χ3n) is 4.57. The van der Waals surface area contributed by atoms with Crippen LogP contribution in [0.2, 0.25) is 0 Å². The molecule has 1 aliphatic heterocycles. The molecule has 3 rings (SSSR count). The average Bonchev–Trinajstić information content (AvgIpc) is 2.89. The van der Waals surface area contributed by atoms with Gasteiger partial charge in [0, 0.05) is 18.6 Å². The van der Waals surface area contributed by atoms with E-state index in [0.717, 1.165) is 23.9 Å². The van der Waals surface area contributed by atoms with Crippen LogP contribution in [-0.2, 0) is 0 Å². The lowest BCUT2D eigenvalue weighted by Crippen LogP contribution is -2.60. The molecular formula is C12H21N. The SMILES string of the molecule is CC(C1CC1)N1CC2CCCCC21. The predicted octanol–water partition coefficient (Wildman–Crippen LogP) is 2.66. The molecule has 0 spiro atoms. The number of likely N-dealkylation sites (tertiary alicyclic amines) is 1. The van der Waals surface area contributed by atoms with Crippen molar-refractivity contribution in [2.75, 3.05) is 6.54 Å². The third kappa shape index (κ3) is 1.32. The van der Waals surface area contributed by atoms with Gasteiger partial charge < -0.3 is 0 Å². The zero-order chi connectivity index (χ0) is 8.84. The average molecular weight is 179 g/mol. The second-order valence-corrected chi connectivity index (χ2v) is 5.39. The minimum Gasteiger partial charge on any atom is -0.297 e. The van der Waals surface area contributed by atoms with Crippen molar-refractivity contribution < 1.29 is 0 Å². The van der Waals surface area contributed by atoms with Crippen molar-refractivity contribution >= 4 is 0 Å². The van der Waals surface area contributed by atoms with Gasteiger partial charge in [0.2, 0.25) is 0 Å². The van der Waals surface area contributed by atoms with Crippen molar-refractivity contribution in [2.24, 2.45) is 11.8 Å².